The smallest absolute Gasteiger partial charge is 0.349 e. The molecule has 2 aromatic heterocycles. The molecule has 2 heterocycles. The van der Waals surface area contributed by atoms with Crippen molar-refractivity contribution in [2.45, 2.75) is 6.54 Å². The van der Waals surface area contributed by atoms with Crippen LogP contribution < -0.4 is 4.90 Å². The van der Waals surface area contributed by atoms with Gasteiger partial charge in [0.15, 0.2) is 5.13 Å². The summed E-state index contributed by atoms with van der Waals surface area (Å²) in [4.78, 5) is 18.1. The summed E-state index contributed by atoms with van der Waals surface area (Å²) in [5.41, 5.74) is 1.24. The normalized spacial score (nSPS) is 10.2. The summed E-state index contributed by atoms with van der Waals surface area (Å²) in [5, 5.41) is 4.97. The molecule has 0 aromatic carbocycles. The number of rotatable bonds is 4. The van der Waals surface area contributed by atoms with Crippen LogP contribution in [-0.2, 0) is 11.3 Å². The number of methoxy groups -OCH3 is 1. The fourth-order valence-electron chi connectivity index (χ4n) is 1.36. The Bertz CT molecular complexity index is 493. The van der Waals surface area contributed by atoms with Crippen LogP contribution in [0.25, 0.3) is 0 Å². The van der Waals surface area contributed by atoms with Crippen LogP contribution >= 0.6 is 22.7 Å². The van der Waals surface area contributed by atoms with Crippen LogP contribution in [0.3, 0.4) is 0 Å². The number of hydrogen-bond donors (Lipinski definition) is 0. The number of carbonyl (C=O) groups is 1. The summed E-state index contributed by atoms with van der Waals surface area (Å²) in [7, 11) is 3.33. The molecule has 0 bridgehead atoms. The number of thiazole rings is 1. The number of nitrogens with zero attached hydrogens (tertiary/aromatic N) is 2. The predicted molar refractivity (Wildman–Crippen MR) is 69.9 cm³/mol. The van der Waals surface area contributed by atoms with E-state index in [2.05, 4.69) is 21.2 Å². The Morgan fingerprint density at radius 1 is 1.59 bits per heavy atom. The fraction of sp³-hybridized carbons (Fsp3) is 0.273. The quantitative estimate of drug-likeness (QED) is 0.799. The van der Waals surface area contributed by atoms with Crippen molar-refractivity contribution in [3.05, 3.63) is 33.5 Å². The van der Waals surface area contributed by atoms with Gasteiger partial charge in [-0.05, 0) is 22.4 Å². The van der Waals surface area contributed by atoms with Crippen molar-refractivity contribution >= 4 is 33.8 Å². The summed E-state index contributed by atoms with van der Waals surface area (Å²) in [6.45, 7) is 0.789. The van der Waals surface area contributed by atoms with Crippen molar-refractivity contribution < 1.29 is 9.53 Å². The minimum atomic E-state index is -0.335. The Labute approximate surface area is 107 Å². The van der Waals surface area contributed by atoms with Gasteiger partial charge in [0.25, 0.3) is 0 Å². The van der Waals surface area contributed by atoms with E-state index in [-0.39, 0.29) is 5.97 Å². The molecule has 0 amide bonds. The first-order chi connectivity index (χ1) is 8.20. The second kappa shape index (κ2) is 5.29. The molecule has 0 spiro atoms. The maximum Gasteiger partial charge on any atom is 0.349 e. The minimum Gasteiger partial charge on any atom is -0.465 e. The first-order valence-corrected chi connectivity index (χ1v) is 6.73. The van der Waals surface area contributed by atoms with Crippen LogP contribution in [0, 0.1) is 0 Å². The average Bonchev–Trinajstić information content (AvgIpc) is 2.98. The number of aromatic nitrogens is 1. The lowest BCUT2D eigenvalue weighted by atomic mass is 10.3. The van der Waals surface area contributed by atoms with Gasteiger partial charge in [0, 0.05) is 13.6 Å². The molecule has 17 heavy (non-hydrogen) atoms. The zero-order valence-corrected chi connectivity index (χ0v) is 11.2. The Morgan fingerprint density at radius 3 is 3.06 bits per heavy atom. The van der Waals surface area contributed by atoms with Gasteiger partial charge < -0.3 is 9.64 Å². The molecule has 4 nitrogen and oxygen atoms in total. The maximum absolute atomic E-state index is 11.3. The lowest BCUT2D eigenvalue weighted by molar-refractivity contribution is 0.0606. The molecular formula is C11H12N2O2S2. The van der Waals surface area contributed by atoms with Crippen molar-refractivity contribution in [3.63, 3.8) is 0 Å². The number of anilines is 1. The van der Waals surface area contributed by atoms with Crippen molar-refractivity contribution in [2.24, 2.45) is 0 Å². The lowest BCUT2D eigenvalue weighted by Gasteiger charge is -2.14. The van der Waals surface area contributed by atoms with Crippen LogP contribution in [0.15, 0.2) is 23.0 Å². The van der Waals surface area contributed by atoms with Crippen molar-refractivity contribution in [2.75, 3.05) is 19.1 Å². The minimum absolute atomic E-state index is 0.335. The number of thiophene rings is 1. The zero-order chi connectivity index (χ0) is 12.3. The molecule has 0 aliphatic heterocycles. The number of esters is 1. The molecule has 0 radical (unpaired) electrons. The van der Waals surface area contributed by atoms with Crippen molar-refractivity contribution in [1.82, 2.24) is 4.98 Å². The monoisotopic (exact) mass is 268 g/mol. The van der Waals surface area contributed by atoms with E-state index in [0.717, 1.165) is 11.7 Å². The lowest BCUT2D eigenvalue weighted by Crippen LogP contribution is -2.15. The van der Waals surface area contributed by atoms with Gasteiger partial charge in [-0.2, -0.15) is 11.3 Å². The van der Waals surface area contributed by atoms with Gasteiger partial charge in [-0.3, -0.25) is 0 Å². The Kier molecular flexibility index (Phi) is 3.75. The predicted octanol–water partition coefficient (Wildman–Crippen LogP) is 2.63. The highest BCUT2D eigenvalue weighted by molar-refractivity contribution is 7.17. The van der Waals surface area contributed by atoms with Gasteiger partial charge in [0.2, 0.25) is 0 Å². The maximum atomic E-state index is 11.3. The largest absolute Gasteiger partial charge is 0.465 e. The summed E-state index contributed by atoms with van der Waals surface area (Å²) >= 11 is 3.01. The van der Waals surface area contributed by atoms with Crippen LogP contribution in [0.2, 0.25) is 0 Å². The summed E-state index contributed by atoms with van der Waals surface area (Å²) in [5.74, 6) is -0.335. The third-order valence-electron chi connectivity index (χ3n) is 2.21. The summed E-state index contributed by atoms with van der Waals surface area (Å²) < 4.78 is 4.65. The zero-order valence-electron chi connectivity index (χ0n) is 9.54. The van der Waals surface area contributed by atoms with E-state index < -0.39 is 0 Å². The van der Waals surface area contributed by atoms with E-state index in [0.29, 0.717) is 4.88 Å². The molecule has 0 unspecified atom stereocenters. The van der Waals surface area contributed by atoms with Gasteiger partial charge >= 0.3 is 5.97 Å². The van der Waals surface area contributed by atoms with Gasteiger partial charge in [-0.15, -0.1) is 0 Å². The second-order valence-electron chi connectivity index (χ2n) is 3.49. The Balaban J connectivity index is 2.07. The topological polar surface area (TPSA) is 42.4 Å². The Morgan fingerprint density at radius 2 is 2.41 bits per heavy atom. The van der Waals surface area contributed by atoms with Gasteiger partial charge in [0.1, 0.15) is 4.88 Å². The third-order valence-corrected chi connectivity index (χ3v) is 4.03. The van der Waals surface area contributed by atoms with E-state index in [1.54, 1.807) is 17.5 Å². The molecule has 90 valence electrons. The highest BCUT2D eigenvalue weighted by Crippen LogP contribution is 2.23. The molecule has 2 aromatic rings. The molecule has 0 N–H and O–H groups in total. The number of ether oxygens (including phenoxy) is 1. The third kappa shape index (κ3) is 2.83. The first-order valence-electron chi connectivity index (χ1n) is 4.97. The standard InChI is InChI=1S/C11H12N2O2S2/c1-13(6-8-3-4-16-7-8)11-12-5-9(17-11)10(14)15-2/h3-5,7H,6H2,1-2H3. The number of carbonyl (C=O) groups excluding carboxylic acids is 1. The first kappa shape index (κ1) is 12.1. The molecule has 0 aliphatic carbocycles. The molecule has 0 saturated heterocycles. The molecule has 6 heteroatoms. The van der Waals surface area contributed by atoms with Crippen LogP contribution in [0.1, 0.15) is 15.2 Å². The van der Waals surface area contributed by atoms with Gasteiger partial charge in [-0.25, -0.2) is 9.78 Å². The van der Waals surface area contributed by atoms with Gasteiger partial charge in [0.05, 0.1) is 13.3 Å². The van der Waals surface area contributed by atoms with Crippen molar-refractivity contribution in [1.29, 1.82) is 0 Å². The highest BCUT2D eigenvalue weighted by atomic mass is 32.1. The summed E-state index contributed by atoms with van der Waals surface area (Å²) in [6.07, 6.45) is 1.55. The number of hydrogen-bond acceptors (Lipinski definition) is 6. The van der Waals surface area contributed by atoms with Crippen molar-refractivity contribution in [3.8, 4) is 0 Å². The van der Waals surface area contributed by atoms with Crippen LogP contribution in [0.5, 0.6) is 0 Å². The van der Waals surface area contributed by atoms with E-state index >= 15 is 0 Å². The molecule has 2 rings (SSSR count). The highest BCUT2D eigenvalue weighted by Gasteiger charge is 2.13. The molecule has 0 saturated carbocycles. The Hall–Kier alpha value is -1.40. The van der Waals surface area contributed by atoms with Crippen LogP contribution in [0.4, 0.5) is 5.13 Å². The second-order valence-corrected chi connectivity index (χ2v) is 5.28. The van der Waals surface area contributed by atoms with E-state index in [1.165, 1.54) is 24.0 Å². The average molecular weight is 268 g/mol. The van der Waals surface area contributed by atoms with Gasteiger partial charge in [-0.1, -0.05) is 11.3 Å². The molecule has 0 atom stereocenters. The van der Waals surface area contributed by atoms with E-state index in [9.17, 15) is 4.79 Å². The van der Waals surface area contributed by atoms with E-state index in [4.69, 9.17) is 0 Å². The molecular weight excluding hydrogens is 256 g/mol. The molecule has 0 aliphatic rings. The summed E-state index contributed by atoms with van der Waals surface area (Å²) in [6, 6.07) is 2.08. The van der Waals surface area contributed by atoms with Crippen LogP contribution in [-0.4, -0.2) is 25.1 Å². The fourth-order valence-corrected chi connectivity index (χ4v) is 2.81. The SMILES string of the molecule is COC(=O)c1cnc(N(C)Cc2ccsc2)s1. The molecule has 0 fully saturated rings. The van der Waals surface area contributed by atoms with E-state index in [1.807, 2.05) is 17.3 Å².